The van der Waals surface area contributed by atoms with Gasteiger partial charge in [-0.3, -0.25) is 4.79 Å². The van der Waals surface area contributed by atoms with Crippen LogP contribution in [0.15, 0.2) is 24.4 Å². The molecular formula is C21H28N4O5. The van der Waals surface area contributed by atoms with Gasteiger partial charge in [-0.25, -0.2) is 4.52 Å². The van der Waals surface area contributed by atoms with Crippen molar-refractivity contribution in [2.45, 2.75) is 69.4 Å². The molecule has 2 aromatic rings. The highest BCUT2D eigenvalue weighted by molar-refractivity contribution is 5.70. The maximum absolute atomic E-state index is 12.0. The molecule has 0 bridgehead atoms. The maximum atomic E-state index is 12.0. The molecule has 0 radical (unpaired) electrons. The number of aliphatic hydroxyl groups excluding tert-OH is 2. The monoisotopic (exact) mass is 416 g/mol. The number of esters is 1. The molecule has 0 spiro atoms. The second-order valence-electron chi connectivity index (χ2n) is 7.59. The number of nitrogens with two attached hydrogens (primary N) is 1. The Hall–Kier alpha value is -2.67. The van der Waals surface area contributed by atoms with Crippen molar-refractivity contribution in [3.05, 3.63) is 30.1 Å². The van der Waals surface area contributed by atoms with Crippen molar-refractivity contribution in [3.63, 3.8) is 0 Å². The number of nitrogens with zero attached hydrogens (tertiary/aromatic N) is 3. The van der Waals surface area contributed by atoms with Crippen molar-refractivity contribution in [3.8, 4) is 6.07 Å². The molecule has 4 atom stereocenters. The molecule has 9 nitrogen and oxygen atoms in total. The van der Waals surface area contributed by atoms with Gasteiger partial charge in [0, 0.05) is 12.6 Å². The lowest BCUT2D eigenvalue weighted by Crippen LogP contribution is -2.41. The predicted molar refractivity (Wildman–Crippen MR) is 108 cm³/mol. The fourth-order valence-electron chi connectivity index (χ4n) is 3.75. The zero-order valence-electron chi connectivity index (χ0n) is 17.0. The highest BCUT2D eigenvalue weighted by Crippen LogP contribution is 2.40. The van der Waals surface area contributed by atoms with Crippen LogP contribution in [0.4, 0.5) is 5.69 Å². The number of carbonyl (C=O) groups excluding carboxylic acids is 1. The summed E-state index contributed by atoms with van der Waals surface area (Å²) in [5, 5.41) is 35.2. The molecule has 4 N–H and O–H groups in total. The van der Waals surface area contributed by atoms with Crippen LogP contribution in [-0.4, -0.2) is 50.7 Å². The smallest absolute Gasteiger partial charge is 0.305 e. The lowest BCUT2D eigenvalue weighted by molar-refractivity contribution is -0.150. The number of fused-ring (bicyclic) bond motifs is 1. The van der Waals surface area contributed by atoms with E-state index in [0.717, 1.165) is 32.1 Å². The number of aliphatic hydroxyl groups is 2. The topological polar surface area (TPSA) is 143 Å². The molecule has 162 valence electrons. The quantitative estimate of drug-likeness (QED) is 0.414. The molecular weight excluding hydrogens is 388 g/mol. The van der Waals surface area contributed by atoms with Gasteiger partial charge in [0.15, 0.2) is 0 Å². The summed E-state index contributed by atoms with van der Waals surface area (Å²) in [6, 6.07) is 6.81. The van der Waals surface area contributed by atoms with Crippen LogP contribution in [0, 0.1) is 11.3 Å². The van der Waals surface area contributed by atoms with E-state index >= 15 is 0 Å². The Kier molecular flexibility index (Phi) is 6.92. The van der Waals surface area contributed by atoms with Crippen molar-refractivity contribution in [2.24, 2.45) is 0 Å². The molecule has 0 saturated carbocycles. The normalized spacial score (nSPS) is 26.0. The number of anilines is 1. The van der Waals surface area contributed by atoms with E-state index in [-0.39, 0.29) is 18.7 Å². The summed E-state index contributed by atoms with van der Waals surface area (Å²) >= 11 is 0. The minimum Gasteiger partial charge on any atom is -0.463 e. The van der Waals surface area contributed by atoms with Crippen LogP contribution < -0.4 is 5.73 Å². The highest BCUT2D eigenvalue weighted by atomic mass is 16.6. The van der Waals surface area contributed by atoms with E-state index in [9.17, 15) is 20.3 Å². The second-order valence-corrected chi connectivity index (χ2v) is 7.59. The summed E-state index contributed by atoms with van der Waals surface area (Å²) < 4.78 is 12.4. The number of carbonyl (C=O) groups is 1. The molecule has 0 aliphatic carbocycles. The molecule has 1 aliphatic rings. The SMILES string of the molecule is CCCCCCCC(=O)OC[C@H]1O[C@@](C#N)(c2ccc3c(N)ccnn23)[C@H](O)[C@@H]1O. The van der Waals surface area contributed by atoms with Crippen molar-refractivity contribution < 1.29 is 24.5 Å². The van der Waals surface area contributed by atoms with Crippen LogP contribution in [0.2, 0.25) is 0 Å². The minimum absolute atomic E-state index is 0.239. The van der Waals surface area contributed by atoms with Crippen LogP contribution in [0.1, 0.15) is 51.1 Å². The molecule has 0 aromatic carbocycles. The second kappa shape index (κ2) is 9.43. The van der Waals surface area contributed by atoms with Crippen LogP contribution in [-0.2, 0) is 19.9 Å². The van der Waals surface area contributed by atoms with E-state index in [1.807, 2.05) is 6.07 Å². The van der Waals surface area contributed by atoms with Crippen LogP contribution in [0.5, 0.6) is 0 Å². The summed E-state index contributed by atoms with van der Waals surface area (Å²) in [7, 11) is 0. The third kappa shape index (κ3) is 4.12. The number of hydrogen-bond acceptors (Lipinski definition) is 8. The Morgan fingerprint density at radius 2 is 2.10 bits per heavy atom. The van der Waals surface area contributed by atoms with Gasteiger partial charge in [-0.1, -0.05) is 32.6 Å². The number of nitrogen functional groups attached to an aromatic ring is 1. The number of rotatable bonds is 9. The van der Waals surface area contributed by atoms with E-state index in [4.69, 9.17) is 15.2 Å². The van der Waals surface area contributed by atoms with Gasteiger partial charge in [0.25, 0.3) is 0 Å². The lowest BCUT2D eigenvalue weighted by atomic mass is 9.92. The van der Waals surface area contributed by atoms with Gasteiger partial charge < -0.3 is 25.4 Å². The predicted octanol–water partition coefficient (Wildman–Crippen LogP) is 1.66. The van der Waals surface area contributed by atoms with Gasteiger partial charge in [-0.2, -0.15) is 10.4 Å². The third-order valence-corrected chi connectivity index (χ3v) is 5.49. The Morgan fingerprint density at radius 1 is 1.33 bits per heavy atom. The molecule has 1 aliphatic heterocycles. The number of aromatic nitrogens is 2. The van der Waals surface area contributed by atoms with Gasteiger partial charge in [0.05, 0.1) is 16.9 Å². The zero-order chi connectivity index (χ0) is 21.7. The van der Waals surface area contributed by atoms with Gasteiger partial charge in [0.1, 0.15) is 31.0 Å². The van der Waals surface area contributed by atoms with Gasteiger partial charge in [0.2, 0.25) is 5.60 Å². The average Bonchev–Trinajstić information content (AvgIpc) is 3.28. The first-order valence-corrected chi connectivity index (χ1v) is 10.3. The number of unbranched alkanes of at least 4 members (excludes halogenated alkanes) is 4. The summed E-state index contributed by atoms with van der Waals surface area (Å²) in [6.45, 7) is 1.87. The molecule has 2 aromatic heterocycles. The van der Waals surface area contributed by atoms with Crippen LogP contribution in [0.25, 0.3) is 5.52 Å². The first kappa shape index (κ1) is 22.0. The summed E-state index contributed by atoms with van der Waals surface area (Å²) in [6.07, 6.45) is 2.78. The molecule has 30 heavy (non-hydrogen) atoms. The first-order valence-electron chi connectivity index (χ1n) is 10.3. The fourth-order valence-corrected chi connectivity index (χ4v) is 3.75. The Bertz CT molecular complexity index is 924. The van der Waals surface area contributed by atoms with E-state index in [0.29, 0.717) is 11.2 Å². The van der Waals surface area contributed by atoms with Gasteiger partial charge >= 0.3 is 5.97 Å². The van der Waals surface area contributed by atoms with E-state index in [2.05, 4.69) is 12.0 Å². The first-order chi connectivity index (χ1) is 14.4. The number of nitriles is 1. The Balaban J connectivity index is 1.68. The summed E-state index contributed by atoms with van der Waals surface area (Å²) in [5.41, 5.74) is 5.30. The Labute approximate surface area is 175 Å². The Morgan fingerprint density at radius 3 is 2.83 bits per heavy atom. The van der Waals surface area contributed by atoms with Crippen LogP contribution >= 0.6 is 0 Å². The molecule has 0 unspecified atom stereocenters. The average molecular weight is 416 g/mol. The lowest BCUT2D eigenvalue weighted by Gasteiger charge is -2.24. The van der Waals surface area contributed by atoms with E-state index < -0.39 is 29.9 Å². The van der Waals surface area contributed by atoms with Crippen LogP contribution in [0.3, 0.4) is 0 Å². The van der Waals surface area contributed by atoms with Crippen molar-refractivity contribution in [1.82, 2.24) is 9.61 Å². The van der Waals surface area contributed by atoms with Crippen molar-refractivity contribution >= 4 is 17.2 Å². The van der Waals surface area contributed by atoms with E-state index in [1.54, 1.807) is 18.2 Å². The highest BCUT2D eigenvalue weighted by Gasteiger charge is 2.57. The largest absolute Gasteiger partial charge is 0.463 e. The third-order valence-electron chi connectivity index (χ3n) is 5.49. The molecule has 1 saturated heterocycles. The zero-order valence-corrected chi connectivity index (χ0v) is 17.0. The fraction of sp³-hybridized carbons (Fsp3) is 0.571. The van der Waals surface area contributed by atoms with Crippen molar-refractivity contribution in [1.29, 1.82) is 5.26 Å². The van der Waals surface area contributed by atoms with Gasteiger partial charge in [-0.15, -0.1) is 0 Å². The number of ether oxygens (including phenoxy) is 2. The molecule has 1 fully saturated rings. The molecule has 9 heteroatoms. The minimum atomic E-state index is -1.87. The van der Waals surface area contributed by atoms with E-state index in [1.165, 1.54) is 10.7 Å². The maximum Gasteiger partial charge on any atom is 0.305 e. The summed E-state index contributed by atoms with van der Waals surface area (Å²) in [5.74, 6) is -0.395. The standard InChI is InChI=1S/C21H28N4O5/c1-2-3-4-5-6-7-18(26)29-12-16-19(27)20(28)21(13-22,30-16)17-9-8-15-14(23)10-11-24-25(15)17/h8-11,16,19-20,27-28H,2-7,12,23H2,1H3/t16-,19-,20-,21+/m1/s1. The van der Waals surface area contributed by atoms with Crippen molar-refractivity contribution in [2.75, 3.05) is 12.3 Å². The molecule has 0 amide bonds. The summed E-state index contributed by atoms with van der Waals surface area (Å²) in [4.78, 5) is 12.0. The number of hydrogen-bond donors (Lipinski definition) is 3. The van der Waals surface area contributed by atoms with Gasteiger partial charge in [-0.05, 0) is 24.6 Å². The molecule has 3 rings (SSSR count). The molecule has 3 heterocycles.